The molecule has 1 fully saturated rings. The fraction of sp³-hybridized carbons (Fsp3) is 0.556. The van der Waals surface area contributed by atoms with E-state index in [1.54, 1.807) is 0 Å². The maximum atomic E-state index is 10.00. The zero-order chi connectivity index (χ0) is 16.4. The van der Waals surface area contributed by atoms with E-state index in [9.17, 15) is 5.11 Å². The van der Waals surface area contributed by atoms with Gasteiger partial charge in [-0.3, -0.25) is 4.90 Å². The van der Waals surface area contributed by atoms with E-state index < -0.39 is 0 Å². The highest BCUT2D eigenvalue weighted by Crippen LogP contribution is 2.29. The second-order valence-corrected chi connectivity index (χ2v) is 6.65. The third-order valence-electron chi connectivity index (χ3n) is 4.99. The van der Waals surface area contributed by atoms with E-state index in [4.69, 9.17) is 4.52 Å². The summed E-state index contributed by atoms with van der Waals surface area (Å²) >= 11 is 0. The number of aromatic nitrogens is 2. The molecule has 3 atom stereocenters. The largest absolute Gasteiger partial charge is 0.393 e. The summed E-state index contributed by atoms with van der Waals surface area (Å²) in [6.07, 6.45) is 2.96. The van der Waals surface area contributed by atoms with Gasteiger partial charge < -0.3 is 9.63 Å². The summed E-state index contributed by atoms with van der Waals surface area (Å²) in [7, 11) is 2.05. The Bertz CT molecular complexity index is 655. The molecule has 1 saturated carbocycles. The first kappa shape index (κ1) is 16.1. The summed E-state index contributed by atoms with van der Waals surface area (Å²) in [5.74, 6) is 1.61. The first-order valence-electron chi connectivity index (χ1n) is 8.34. The van der Waals surface area contributed by atoms with Crippen LogP contribution >= 0.6 is 0 Å². The zero-order valence-electron chi connectivity index (χ0n) is 14.1. The molecule has 1 aromatic carbocycles. The summed E-state index contributed by atoms with van der Waals surface area (Å²) < 4.78 is 5.48. The Morgan fingerprint density at radius 2 is 2.13 bits per heavy atom. The fourth-order valence-electron chi connectivity index (χ4n) is 3.28. The molecular formula is C18H25N3O2. The second kappa shape index (κ2) is 6.81. The third kappa shape index (κ3) is 3.46. The molecule has 124 valence electrons. The Hall–Kier alpha value is -1.72. The molecule has 2 aromatic rings. The first-order chi connectivity index (χ1) is 11.1. The molecule has 1 aromatic heterocycles. The second-order valence-electron chi connectivity index (χ2n) is 6.65. The molecule has 0 aliphatic heterocycles. The van der Waals surface area contributed by atoms with E-state index in [1.807, 2.05) is 38.2 Å². The Morgan fingerprint density at radius 1 is 1.35 bits per heavy atom. The van der Waals surface area contributed by atoms with Crippen LogP contribution in [0.5, 0.6) is 0 Å². The van der Waals surface area contributed by atoms with Crippen LogP contribution in [0.4, 0.5) is 0 Å². The van der Waals surface area contributed by atoms with Crippen LogP contribution < -0.4 is 0 Å². The molecule has 1 heterocycles. The van der Waals surface area contributed by atoms with Crippen molar-refractivity contribution in [2.75, 3.05) is 13.6 Å². The van der Waals surface area contributed by atoms with Crippen LogP contribution in [-0.4, -0.2) is 39.8 Å². The monoisotopic (exact) mass is 315 g/mol. The van der Waals surface area contributed by atoms with Gasteiger partial charge in [-0.05, 0) is 45.2 Å². The summed E-state index contributed by atoms with van der Waals surface area (Å²) in [5, 5.41) is 14.1. The molecule has 0 radical (unpaired) electrons. The lowest BCUT2D eigenvalue weighted by atomic mass is 10.0. The highest BCUT2D eigenvalue weighted by Gasteiger charge is 2.29. The quantitative estimate of drug-likeness (QED) is 0.918. The average Bonchev–Trinajstić information content (AvgIpc) is 3.17. The SMILES string of the molecule is Cc1ccccc1-c1noc(C(C)N(C)CC2CCCC2O)n1. The van der Waals surface area contributed by atoms with Crippen LogP contribution in [0.25, 0.3) is 11.4 Å². The maximum absolute atomic E-state index is 10.00. The van der Waals surface area contributed by atoms with Crippen molar-refractivity contribution in [3.63, 3.8) is 0 Å². The van der Waals surface area contributed by atoms with Gasteiger partial charge in [-0.1, -0.05) is 35.8 Å². The molecule has 1 N–H and O–H groups in total. The van der Waals surface area contributed by atoms with Crippen molar-refractivity contribution < 1.29 is 9.63 Å². The summed E-state index contributed by atoms with van der Waals surface area (Å²) in [6, 6.07) is 8.07. The van der Waals surface area contributed by atoms with Gasteiger partial charge in [0.1, 0.15) is 0 Å². The number of aliphatic hydroxyl groups is 1. The van der Waals surface area contributed by atoms with Gasteiger partial charge in [0.25, 0.3) is 0 Å². The van der Waals surface area contributed by atoms with E-state index in [2.05, 4.69) is 22.0 Å². The lowest BCUT2D eigenvalue weighted by Crippen LogP contribution is -2.32. The summed E-state index contributed by atoms with van der Waals surface area (Å²) in [5.41, 5.74) is 2.14. The van der Waals surface area contributed by atoms with Gasteiger partial charge in [-0.15, -0.1) is 0 Å². The Kier molecular flexibility index (Phi) is 4.78. The predicted octanol–water partition coefficient (Wildman–Crippen LogP) is 3.20. The van der Waals surface area contributed by atoms with Crippen LogP contribution in [0.2, 0.25) is 0 Å². The van der Waals surface area contributed by atoms with E-state index in [1.165, 1.54) is 0 Å². The van der Waals surface area contributed by atoms with E-state index in [0.717, 1.165) is 36.9 Å². The highest BCUT2D eigenvalue weighted by molar-refractivity contribution is 5.58. The maximum Gasteiger partial charge on any atom is 0.244 e. The van der Waals surface area contributed by atoms with Crippen LogP contribution in [0.15, 0.2) is 28.8 Å². The van der Waals surface area contributed by atoms with Gasteiger partial charge in [0, 0.05) is 12.1 Å². The molecule has 0 bridgehead atoms. The number of nitrogens with zero attached hydrogens (tertiary/aromatic N) is 3. The predicted molar refractivity (Wildman–Crippen MR) is 88.9 cm³/mol. The normalized spacial score (nSPS) is 22.7. The van der Waals surface area contributed by atoms with Crippen LogP contribution in [0.3, 0.4) is 0 Å². The van der Waals surface area contributed by atoms with Crippen molar-refractivity contribution in [1.82, 2.24) is 15.0 Å². The Balaban J connectivity index is 1.70. The van der Waals surface area contributed by atoms with Crippen molar-refractivity contribution >= 4 is 0 Å². The summed E-state index contributed by atoms with van der Waals surface area (Å²) in [4.78, 5) is 6.76. The van der Waals surface area contributed by atoms with Crippen LogP contribution in [0, 0.1) is 12.8 Å². The molecule has 5 nitrogen and oxygen atoms in total. The highest BCUT2D eigenvalue weighted by atomic mass is 16.5. The van der Waals surface area contributed by atoms with E-state index >= 15 is 0 Å². The van der Waals surface area contributed by atoms with E-state index in [0.29, 0.717) is 17.6 Å². The van der Waals surface area contributed by atoms with Gasteiger partial charge in [0.2, 0.25) is 11.7 Å². The number of rotatable bonds is 5. The molecule has 1 aliphatic carbocycles. The topological polar surface area (TPSA) is 62.4 Å². The first-order valence-corrected chi connectivity index (χ1v) is 8.34. The Labute approximate surface area is 137 Å². The molecule has 3 unspecified atom stereocenters. The molecule has 3 rings (SSSR count). The number of hydrogen-bond acceptors (Lipinski definition) is 5. The molecule has 0 spiro atoms. The molecular weight excluding hydrogens is 290 g/mol. The third-order valence-corrected chi connectivity index (χ3v) is 4.99. The van der Waals surface area contributed by atoms with Crippen LogP contribution in [0.1, 0.15) is 43.7 Å². The Morgan fingerprint density at radius 3 is 2.83 bits per heavy atom. The lowest BCUT2D eigenvalue weighted by molar-refractivity contribution is 0.0930. The van der Waals surface area contributed by atoms with Crippen molar-refractivity contribution in [1.29, 1.82) is 0 Å². The van der Waals surface area contributed by atoms with Gasteiger partial charge in [0.15, 0.2) is 0 Å². The smallest absolute Gasteiger partial charge is 0.244 e. The fourth-order valence-corrected chi connectivity index (χ4v) is 3.28. The molecule has 23 heavy (non-hydrogen) atoms. The number of aryl methyl sites for hydroxylation is 1. The minimum Gasteiger partial charge on any atom is -0.393 e. The zero-order valence-corrected chi connectivity index (χ0v) is 14.1. The van der Waals surface area contributed by atoms with Crippen molar-refractivity contribution in [3.8, 4) is 11.4 Å². The lowest BCUT2D eigenvalue weighted by Gasteiger charge is -2.26. The molecule has 1 aliphatic rings. The number of benzene rings is 1. The minimum absolute atomic E-state index is 0.0352. The summed E-state index contributed by atoms with van der Waals surface area (Å²) in [6.45, 7) is 4.96. The van der Waals surface area contributed by atoms with Gasteiger partial charge in [-0.25, -0.2) is 0 Å². The number of aliphatic hydroxyl groups excluding tert-OH is 1. The van der Waals surface area contributed by atoms with Gasteiger partial charge in [0.05, 0.1) is 12.1 Å². The number of hydrogen-bond donors (Lipinski definition) is 1. The van der Waals surface area contributed by atoms with Crippen molar-refractivity contribution in [2.45, 2.75) is 45.3 Å². The molecule has 0 amide bonds. The van der Waals surface area contributed by atoms with Crippen molar-refractivity contribution in [3.05, 3.63) is 35.7 Å². The minimum atomic E-state index is -0.171. The van der Waals surface area contributed by atoms with Crippen molar-refractivity contribution in [2.24, 2.45) is 5.92 Å². The standard InChI is InChI=1S/C18H25N3O2/c1-12-7-4-5-9-15(12)17-19-18(23-20-17)13(2)21(3)11-14-8-6-10-16(14)22/h4-5,7,9,13-14,16,22H,6,8,10-11H2,1-3H3. The van der Waals surface area contributed by atoms with Gasteiger partial charge >= 0.3 is 0 Å². The molecule has 0 saturated heterocycles. The average molecular weight is 315 g/mol. The van der Waals surface area contributed by atoms with E-state index in [-0.39, 0.29) is 12.1 Å². The molecule has 5 heteroatoms. The van der Waals surface area contributed by atoms with Gasteiger partial charge in [-0.2, -0.15) is 4.98 Å². The van der Waals surface area contributed by atoms with Crippen LogP contribution in [-0.2, 0) is 0 Å².